The quantitative estimate of drug-likeness (QED) is 0.894. The standard InChI is InChI=1S/C11H13N3O2S2/c1-8-7-13-11(17-8)14-18(15,16)10-5-3-2-4-9(10)6-12/h2-5,7H,6,12H2,1H3,(H,13,14). The molecule has 0 fully saturated rings. The van der Waals surface area contributed by atoms with Crippen LogP contribution < -0.4 is 10.5 Å². The number of hydrogen-bond acceptors (Lipinski definition) is 5. The van der Waals surface area contributed by atoms with E-state index in [1.165, 1.54) is 17.4 Å². The van der Waals surface area contributed by atoms with E-state index in [0.29, 0.717) is 10.7 Å². The Bertz CT molecular complexity index is 650. The number of nitrogens with one attached hydrogen (secondary N) is 1. The molecule has 2 rings (SSSR count). The van der Waals surface area contributed by atoms with E-state index in [0.717, 1.165) is 4.88 Å². The number of benzene rings is 1. The molecule has 3 N–H and O–H groups in total. The van der Waals surface area contributed by atoms with Crippen molar-refractivity contribution in [2.24, 2.45) is 5.73 Å². The first kappa shape index (κ1) is 13.0. The van der Waals surface area contributed by atoms with Gasteiger partial charge in [0.05, 0.1) is 4.90 Å². The third kappa shape index (κ3) is 2.69. The molecule has 0 aliphatic carbocycles. The molecule has 0 saturated heterocycles. The lowest BCUT2D eigenvalue weighted by atomic mass is 10.2. The first-order valence-electron chi connectivity index (χ1n) is 5.26. The maximum Gasteiger partial charge on any atom is 0.263 e. The van der Waals surface area contributed by atoms with Gasteiger partial charge in [-0.2, -0.15) is 0 Å². The second-order valence-corrected chi connectivity index (χ2v) is 6.58. The van der Waals surface area contributed by atoms with Crippen molar-refractivity contribution in [3.63, 3.8) is 0 Å². The fourth-order valence-corrected chi connectivity index (χ4v) is 3.66. The summed E-state index contributed by atoms with van der Waals surface area (Å²) in [7, 11) is -3.62. The van der Waals surface area contributed by atoms with E-state index in [9.17, 15) is 8.42 Å². The highest BCUT2D eigenvalue weighted by atomic mass is 32.2. The van der Waals surface area contributed by atoms with Crippen LogP contribution in [0.4, 0.5) is 5.13 Å². The van der Waals surface area contributed by atoms with Gasteiger partial charge in [0.25, 0.3) is 10.0 Å². The Labute approximate surface area is 110 Å². The van der Waals surface area contributed by atoms with Gasteiger partial charge >= 0.3 is 0 Å². The van der Waals surface area contributed by atoms with Gasteiger partial charge in [-0.1, -0.05) is 18.2 Å². The lowest BCUT2D eigenvalue weighted by molar-refractivity contribution is 0.600. The van der Waals surface area contributed by atoms with Gasteiger partial charge in [-0.25, -0.2) is 13.4 Å². The highest BCUT2D eigenvalue weighted by molar-refractivity contribution is 7.93. The fraction of sp³-hybridized carbons (Fsp3) is 0.182. The minimum atomic E-state index is -3.62. The SMILES string of the molecule is Cc1cnc(NS(=O)(=O)c2ccccc2CN)s1. The predicted molar refractivity (Wildman–Crippen MR) is 72.0 cm³/mol. The van der Waals surface area contributed by atoms with E-state index >= 15 is 0 Å². The van der Waals surface area contributed by atoms with E-state index < -0.39 is 10.0 Å². The summed E-state index contributed by atoms with van der Waals surface area (Å²) >= 11 is 1.29. The summed E-state index contributed by atoms with van der Waals surface area (Å²) in [5.74, 6) is 0. The molecule has 0 amide bonds. The van der Waals surface area contributed by atoms with E-state index in [1.54, 1.807) is 24.4 Å². The number of nitrogens with two attached hydrogens (primary N) is 1. The lowest BCUT2D eigenvalue weighted by Gasteiger charge is -2.08. The lowest BCUT2D eigenvalue weighted by Crippen LogP contribution is -2.16. The van der Waals surface area contributed by atoms with E-state index in [4.69, 9.17) is 5.73 Å². The molecule has 96 valence electrons. The van der Waals surface area contributed by atoms with Crippen molar-refractivity contribution in [3.8, 4) is 0 Å². The Hall–Kier alpha value is -1.44. The van der Waals surface area contributed by atoms with Crippen molar-refractivity contribution < 1.29 is 8.42 Å². The van der Waals surface area contributed by atoms with E-state index in [1.807, 2.05) is 6.92 Å². The van der Waals surface area contributed by atoms with Gasteiger partial charge in [0.2, 0.25) is 0 Å². The van der Waals surface area contributed by atoms with Gasteiger partial charge in [0, 0.05) is 17.6 Å². The van der Waals surface area contributed by atoms with Crippen molar-refractivity contribution in [2.75, 3.05) is 4.72 Å². The Kier molecular flexibility index (Phi) is 3.65. The van der Waals surface area contributed by atoms with Crippen molar-refractivity contribution in [3.05, 3.63) is 40.9 Å². The highest BCUT2D eigenvalue weighted by Crippen LogP contribution is 2.22. The van der Waals surface area contributed by atoms with Crippen LogP contribution in [-0.2, 0) is 16.6 Å². The van der Waals surface area contributed by atoms with Gasteiger partial charge in [-0.3, -0.25) is 4.72 Å². The Balaban J connectivity index is 2.36. The van der Waals surface area contributed by atoms with Crippen LogP contribution in [-0.4, -0.2) is 13.4 Å². The summed E-state index contributed by atoms with van der Waals surface area (Å²) in [6.07, 6.45) is 1.62. The minimum absolute atomic E-state index is 0.175. The summed E-state index contributed by atoms with van der Waals surface area (Å²) in [4.78, 5) is 5.12. The normalized spacial score (nSPS) is 11.4. The molecule has 2 aromatic rings. The number of thiazole rings is 1. The average molecular weight is 283 g/mol. The third-order valence-electron chi connectivity index (χ3n) is 2.32. The molecular formula is C11H13N3O2S2. The summed E-state index contributed by atoms with van der Waals surface area (Å²) in [5, 5.41) is 0.360. The largest absolute Gasteiger partial charge is 0.326 e. The fourth-order valence-electron chi connectivity index (χ4n) is 1.51. The number of nitrogens with zero attached hydrogens (tertiary/aromatic N) is 1. The molecule has 0 saturated carbocycles. The third-order valence-corrected chi connectivity index (χ3v) is 4.72. The smallest absolute Gasteiger partial charge is 0.263 e. The molecule has 0 atom stereocenters. The molecule has 7 heteroatoms. The van der Waals surface area contributed by atoms with Crippen molar-refractivity contribution in [1.29, 1.82) is 0 Å². The molecule has 0 spiro atoms. The summed E-state index contributed by atoms with van der Waals surface area (Å²) in [6.45, 7) is 2.04. The van der Waals surface area contributed by atoms with Gasteiger partial charge < -0.3 is 5.73 Å². The summed E-state index contributed by atoms with van der Waals surface area (Å²) < 4.78 is 26.8. The van der Waals surface area contributed by atoms with E-state index in [2.05, 4.69) is 9.71 Å². The first-order valence-corrected chi connectivity index (χ1v) is 7.56. The molecule has 1 aromatic heterocycles. The van der Waals surface area contributed by atoms with Crippen LogP contribution in [0.2, 0.25) is 0 Å². The molecule has 18 heavy (non-hydrogen) atoms. The summed E-state index contributed by atoms with van der Waals surface area (Å²) in [6, 6.07) is 6.65. The van der Waals surface area contributed by atoms with Crippen LogP contribution >= 0.6 is 11.3 Å². The zero-order chi connectivity index (χ0) is 13.2. The van der Waals surface area contributed by atoms with Gasteiger partial charge in [0.15, 0.2) is 5.13 Å². The van der Waals surface area contributed by atoms with Gasteiger partial charge in [-0.05, 0) is 18.6 Å². The number of sulfonamides is 1. The van der Waals surface area contributed by atoms with Crippen LogP contribution in [0.15, 0.2) is 35.4 Å². The maximum absolute atomic E-state index is 12.2. The highest BCUT2D eigenvalue weighted by Gasteiger charge is 2.18. The molecule has 0 aliphatic heterocycles. The second-order valence-electron chi connectivity index (χ2n) is 3.69. The maximum atomic E-state index is 12.2. The van der Waals surface area contributed by atoms with Crippen molar-refractivity contribution in [2.45, 2.75) is 18.4 Å². The number of rotatable bonds is 4. The van der Waals surface area contributed by atoms with Crippen LogP contribution in [0, 0.1) is 6.92 Å². The number of hydrogen-bond donors (Lipinski definition) is 2. The molecular weight excluding hydrogens is 270 g/mol. The van der Waals surface area contributed by atoms with Crippen LogP contribution in [0.5, 0.6) is 0 Å². The number of anilines is 1. The van der Waals surface area contributed by atoms with Crippen LogP contribution in [0.3, 0.4) is 0 Å². The predicted octanol–water partition coefficient (Wildman–Crippen LogP) is 1.71. The number of aromatic nitrogens is 1. The monoisotopic (exact) mass is 283 g/mol. The molecule has 5 nitrogen and oxygen atoms in total. The zero-order valence-corrected chi connectivity index (χ0v) is 11.4. The minimum Gasteiger partial charge on any atom is -0.326 e. The van der Waals surface area contributed by atoms with Crippen molar-refractivity contribution >= 4 is 26.5 Å². The first-order chi connectivity index (χ1) is 8.53. The second kappa shape index (κ2) is 5.05. The van der Waals surface area contributed by atoms with Crippen molar-refractivity contribution in [1.82, 2.24) is 4.98 Å². The Morgan fingerprint density at radius 1 is 1.39 bits per heavy atom. The van der Waals surface area contributed by atoms with Gasteiger partial charge in [-0.15, -0.1) is 11.3 Å². The van der Waals surface area contributed by atoms with Gasteiger partial charge in [0.1, 0.15) is 0 Å². The average Bonchev–Trinajstić information content (AvgIpc) is 2.74. The molecule has 0 unspecified atom stereocenters. The van der Waals surface area contributed by atoms with E-state index in [-0.39, 0.29) is 11.4 Å². The van der Waals surface area contributed by atoms with Crippen LogP contribution in [0.25, 0.3) is 0 Å². The molecule has 0 radical (unpaired) electrons. The molecule has 1 aromatic carbocycles. The summed E-state index contributed by atoms with van der Waals surface area (Å²) in [5.41, 5.74) is 6.12. The number of aryl methyl sites for hydroxylation is 1. The Morgan fingerprint density at radius 3 is 2.72 bits per heavy atom. The molecule has 0 bridgehead atoms. The topological polar surface area (TPSA) is 85.1 Å². The zero-order valence-electron chi connectivity index (χ0n) is 9.75. The molecule has 0 aliphatic rings. The van der Waals surface area contributed by atoms with Crippen LogP contribution in [0.1, 0.15) is 10.4 Å². The Morgan fingerprint density at radius 2 is 2.11 bits per heavy atom. The molecule has 1 heterocycles.